The summed E-state index contributed by atoms with van der Waals surface area (Å²) in [6.45, 7) is 5.03. The van der Waals surface area contributed by atoms with Crippen molar-refractivity contribution in [2.75, 3.05) is 20.2 Å². The van der Waals surface area contributed by atoms with Gasteiger partial charge >= 0.3 is 6.03 Å². The number of benzene rings is 1. The summed E-state index contributed by atoms with van der Waals surface area (Å²) in [7, 11) is 1.69. The van der Waals surface area contributed by atoms with E-state index in [-0.39, 0.29) is 6.03 Å². The topological polar surface area (TPSA) is 41.6 Å². The fourth-order valence-electron chi connectivity index (χ4n) is 2.44. The first-order valence-electron chi connectivity index (χ1n) is 7.82. The van der Waals surface area contributed by atoms with E-state index >= 15 is 0 Å². The van der Waals surface area contributed by atoms with Crippen LogP contribution in [0, 0.1) is 5.92 Å². The van der Waals surface area contributed by atoms with Gasteiger partial charge in [-0.3, -0.25) is 0 Å². The van der Waals surface area contributed by atoms with Gasteiger partial charge < -0.3 is 15.0 Å². The molecule has 1 aromatic rings. The molecule has 0 spiro atoms. The van der Waals surface area contributed by atoms with Gasteiger partial charge in [0.1, 0.15) is 0 Å². The van der Waals surface area contributed by atoms with Crippen LogP contribution < -0.4 is 5.32 Å². The van der Waals surface area contributed by atoms with Gasteiger partial charge in [0, 0.05) is 26.7 Å². The number of carbonyl (C=O) groups excluding carboxylic acids is 1. The Morgan fingerprint density at radius 2 is 2.14 bits per heavy atom. The van der Waals surface area contributed by atoms with Crippen molar-refractivity contribution < 1.29 is 9.53 Å². The minimum absolute atomic E-state index is 0.0564. The average Bonchev–Trinajstić information content (AvgIpc) is 3.29. The minimum Gasteiger partial charge on any atom is -0.380 e. The zero-order valence-corrected chi connectivity index (χ0v) is 13.1. The highest BCUT2D eigenvalue weighted by molar-refractivity contribution is 5.74. The van der Waals surface area contributed by atoms with Crippen molar-refractivity contribution >= 4 is 6.03 Å². The summed E-state index contributed by atoms with van der Waals surface area (Å²) in [5.74, 6) is 0.729. The largest absolute Gasteiger partial charge is 0.380 e. The second kappa shape index (κ2) is 8.03. The molecule has 2 rings (SSSR count). The summed E-state index contributed by atoms with van der Waals surface area (Å²) in [5, 5.41) is 3.03. The number of nitrogens with zero attached hydrogens (tertiary/aromatic N) is 1. The highest BCUT2D eigenvalue weighted by atomic mass is 16.5. The number of nitrogens with one attached hydrogen (secondary N) is 1. The number of hydrogen-bond acceptors (Lipinski definition) is 2. The second-order valence-electron chi connectivity index (χ2n) is 5.80. The first-order valence-corrected chi connectivity index (χ1v) is 7.82. The van der Waals surface area contributed by atoms with Crippen LogP contribution in [-0.4, -0.2) is 31.1 Å². The van der Waals surface area contributed by atoms with Crippen LogP contribution in [0.5, 0.6) is 0 Å². The molecule has 0 atom stereocenters. The number of urea groups is 1. The van der Waals surface area contributed by atoms with Gasteiger partial charge in [-0.1, -0.05) is 31.2 Å². The molecule has 0 saturated heterocycles. The third-order valence-electron chi connectivity index (χ3n) is 3.70. The van der Waals surface area contributed by atoms with Crippen molar-refractivity contribution in [2.45, 2.75) is 39.3 Å². The smallest absolute Gasteiger partial charge is 0.317 e. The molecule has 4 nitrogen and oxygen atoms in total. The maximum atomic E-state index is 12.3. The van der Waals surface area contributed by atoms with E-state index in [1.807, 2.05) is 23.1 Å². The Labute approximate surface area is 127 Å². The maximum absolute atomic E-state index is 12.3. The fourth-order valence-corrected chi connectivity index (χ4v) is 2.44. The molecule has 21 heavy (non-hydrogen) atoms. The minimum atomic E-state index is 0.0564. The standard InChI is InChI=1S/C17H26N2O2/c1-3-9-19(12-14-7-8-14)17(20)18-11-15-5-4-6-16(10-15)13-21-2/h4-6,10,14H,3,7-9,11-13H2,1-2H3,(H,18,20). The molecule has 1 aliphatic carbocycles. The summed E-state index contributed by atoms with van der Waals surface area (Å²) in [6.07, 6.45) is 3.54. The van der Waals surface area contributed by atoms with Crippen molar-refractivity contribution in [3.05, 3.63) is 35.4 Å². The molecule has 1 aromatic carbocycles. The molecular weight excluding hydrogens is 264 g/mol. The van der Waals surface area contributed by atoms with Gasteiger partial charge in [-0.2, -0.15) is 0 Å². The molecule has 0 radical (unpaired) electrons. The SMILES string of the molecule is CCCN(CC1CC1)C(=O)NCc1cccc(COC)c1. The van der Waals surface area contributed by atoms with Crippen molar-refractivity contribution in [3.8, 4) is 0 Å². The van der Waals surface area contributed by atoms with Crippen LogP contribution in [0.15, 0.2) is 24.3 Å². The van der Waals surface area contributed by atoms with Gasteiger partial charge in [0.05, 0.1) is 6.61 Å². The lowest BCUT2D eigenvalue weighted by Gasteiger charge is -2.22. The summed E-state index contributed by atoms with van der Waals surface area (Å²) in [6, 6.07) is 8.20. The van der Waals surface area contributed by atoms with Gasteiger partial charge in [-0.15, -0.1) is 0 Å². The lowest BCUT2D eigenvalue weighted by molar-refractivity contribution is 0.185. The monoisotopic (exact) mass is 290 g/mol. The third kappa shape index (κ3) is 5.38. The van der Waals surface area contributed by atoms with E-state index in [4.69, 9.17) is 4.74 Å². The molecule has 1 saturated carbocycles. The second-order valence-corrected chi connectivity index (χ2v) is 5.80. The van der Waals surface area contributed by atoms with Crippen molar-refractivity contribution in [1.82, 2.24) is 10.2 Å². The number of ether oxygens (including phenoxy) is 1. The Hall–Kier alpha value is -1.55. The van der Waals surface area contributed by atoms with Gasteiger partial charge in [-0.25, -0.2) is 4.79 Å². The predicted molar refractivity (Wildman–Crippen MR) is 84.0 cm³/mol. The van der Waals surface area contributed by atoms with E-state index in [9.17, 15) is 4.79 Å². The molecule has 0 aliphatic heterocycles. The summed E-state index contributed by atoms with van der Waals surface area (Å²) >= 11 is 0. The Morgan fingerprint density at radius 1 is 1.38 bits per heavy atom. The summed E-state index contributed by atoms with van der Waals surface area (Å²) < 4.78 is 5.13. The van der Waals surface area contributed by atoms with Crippen LogP contribution in [0.25, 0.3) is 0 Å². The first-order chi connectivity index (χ1) is 10.2. The normalized spacial score (nSPS) is 14.0. The Bertz CT molecular complexity index is 458. The average molecular weight is 290 g/mol. The highest BCUT2D eigenvalue weighted by Crippen LogP contribution is 2.29. The van der Waals surface area contributed by atoms with E-state index in [1.165, 1.54) is 12.8 Å². The van der Waals surface area contributed by atoms with E-state index in [0.717, 1.165) is 36.6 Å². The number of methoxy groups -OCH3 is 1. The van der Waals surface area contributed by atoms with E-state index in [0.29, 0.717) is 13.2 Å². The molecular formula is C17H26N2O2. The molecule has 0 unspecified atom stereocenters. The van der Waals surface area contributed by atoms with Crippen LogP contribution in [0.2, 0.25) is 0 Å². The lowest BCUT2D eigenvalue weighted by Crippen LogP contribution is -2.41. The van der Waals surface area contributed by atoms with Crippen molar-refractivity contribution in [2.24, 2.45) is 5.92 Å². The summed E-state index contributed by atoms with van der Waals surface area (Å²) in [5.41, 5.74) is 2.24. The third-order valence-corrected chi connectivity index (χ3v) is 3.70. The Balaban J connectivity index is 1.84. The van der Waals surface area contributed by atoms with Gasteiger partial charge in [0.2, 0.25) is 0 Å². The van der Waals surface area contributed by atoms with Gasteiger partial charge in [0.15, 0.2) is 0 Å². The van der Waals surface area contributed by atoms with Gasteiger partial charge in [0.25, 0.3) is 0 Å². The van der Waals surface area contributed by atoms with E-state index in [2.05, 4.69) is 18.3 Å². The van der Waals surface area contributed by atoms with Crippen LogP contribution in [0.3, 0.4) is 0 Å². The predicted octanol–water partition coefficient (Wildman–Crippen LogP) is 3.16. The number of hydrogen-bond donors (Lipinski definition) is 1. The molecule has 1 aliphatic rings. The van der Waals surface area contributed by atoms with Gasteiger partial charge in [-0.05, 0) is 36.3 Å². The van der Waals surface area contributed by atoms with Crippen LogP contribution >= 0.6 is 0 Å². The zero-order valence-electron chi connectivity index (χ0n) is 13.1. The first kappa shape index (κ1) is 15.8. The molecule has 0 aromatic heterocycles. The quantitative estimate of drug-likeness (QED) is 0.799. The molecule has 1 fully saturated rings. The molecule has 0 bridgehead atoms. The van der Waals surface area contributed by atoms with Crippen LogP contribution in [0.1, 0.15) is 37.3 Å². The number of amides is 2. The molecule has 0 heterocycles. The molecule has 2 amide bonds. The molecule has 1 N–H and O–H groups in total. The van der Waals surface area contributed by atoms with Crippen molar-refractivity contribution in [3.63, 3.8) is 0 Å². The lowest BCUT2D eigenvalue weighted by atomic mass is 10.1. The number of rotatable bonds is 8. The molecule has 4 heteroatoms. The highest BCUT2D eigenvalue weighted by Gasteiger charge is 2.26. The van der Waals surface area contributed by atoms with Crippen LogP contribution in [-0.2, 0) is 17.9 Å². The van der Waals surface area contributed by atoms with E-state index in [1.54, 1.807) is 7.11 Å². The maximum Gasteiger partial charge on any atom is 0.317 e. The zero-order chi connectivity index (χ0) is 15.1. The summed E-state index contributed by atoms with van der Waals surface area (Å²) in [4.78, 5) is 14.2. The Kier molecular flexibility index (Phi) is 6.05. The molecule has 116 valence electrons. The Morgan fingerprint density at radius 3 is 2.81 bits per heavy atom. The fraction of sp³-hybridized carbons (Fsp3) is 0.588. The number of carbonyl (C=O) groups is 1. The van der Waals surface area contributed by atoms with E-state index < -0.39 is 0 Å². The van der Waals surface area contributed by atoms with Crippen molar-refractivity contribution in [1.29, 1.82) is 0 Å². The van der Waals surface area contributed by atoms with Crippen LogP contribution in [0.4, 0.5) is 4.79 Å².